The number of aliphatic hydroxyl groups excluding tert-OH is 3. The molecule has 0 aliphatic carbocycles. The first-order valence-corrected chi connectivity index (χ1v) is 9.84. The molecule has 0 fully saturated rings. The first-order chi connectivity index (χ1) is 11.7. The predicted octanol–water partition coefficient (Wildman–Crippen LogP) is 1.13. The van der Waals surface area contributed by atoms with Crippen LogP contribution in [0.1, 0.15) is 12.0 Å². The summed E-state index contributed by atoms with van der Waals surface area (Å²) in [6, 6.07) is 19.9. The summed E-state index contributed by atoms with van der Waals surface area (Å²) in [5, 5.41) is 29.0. The van der Waals surface area contributed by atoms with Crippen LogP contribution in [0.5, 0.6) is 0 Å². The van der Waals surface area contributed by atoms with Crippen molar-refractivity contribution in [3.05, 3.63) is 66.2 Å². The molecule has 2 aromatic carbocycles. The van der Waals surface area contributed by atoms with Gasteiger partial charge in [0.1, 0.15) is 0 Å². The van der Waals surface area contributed by atoms with Gasteiger partial charge in [0.15, 0.2) is 0 Å². The molecule has 3 atom stereocenters. The summed E-state index contributed by atoms with van der Waals surface area (Å²) in [5.41, 5.74) is 1.09. The van der Waals surface area contributed by atoms with Crippen LogP contribution in [0.25, 0.3) is 0 Å². The van der Waals surface area contributed by atoms with Crippen LogP contribution in [0.15, 0.2) is 60.7 Å². The molecule has 0 heterocycles. The van der Waals surface area contributed by atoms with Crippen molar-refractivity contribution in [3.63, 3.8) is 0 Å². The van der Waals surface area contributed by atoms with Crippen LogP contribution in [0.2, 0.25) is 4.82 Å². The van der Waals surface area contributed by atoms with Gasteiger partial charge >= 0.3 is 149 Å². The normalized spacial score (nSPS) is 15.0. The van der Waals surface area contributed by atoms with Gasteiger partial charge in [-0.2, -0.15) is 0 Å². The molecule has 0 amide bonds. The summed E-state index contributed by atoms with van der Waals surface area (Å²) < 4.78 is 6.98. The van der Waals surface area contributed by atoms with Crippen molar-refractivity contribution in [3.8, 4) is 0 Å². The van der Waals surface area contributed by atoms with Gasteiger partial charge in [0, 0.05) is 0 Å². The molecule has 4 nitrogen and oxygen atoms in total. The van der Waals surface area contributed by atoms with Gasteiger partial charge in [0.25, 0.3) is 0 Å². The zero-order valence-corrected chi connectivity index (χ0v) is 15.2. The Morgan fingerprint density at radius 1 is 0.917 bits per heavy atom. The van der Waals surface area contributed by atoms with Crippen LogP contribution in [0, 0.1) is 0 Å². The molecule has 2 rings (SSSR count). The summed E-state index contributed by atoms with van der Waals surface area (Å²) in [6.07, 6.45) is -1.45. The molecule has 3 N–H and O–H groups in total. The zero-order valence-electron chi connectivity index (χ0n) is 13.5. The first kappa shape index (κ1) is 19.1. The molecule has 0 aliphatic rings. The van der Waals surface area contributed by atoms with Gasteiger partial charge in [-0.3, -0.25) is 0 Å². The summed E-state index contributed by atoms with van der Waals surface area (Å²) in [6.45, 7) is 0.577. The van der Waals surface area contributed by atoms with Crippen molar-refractivity contribution in [2.75, 3.05) is 13.2 Å². The number of hydrogen-bond donors (Lipinski definition) is 3. The molecule has 0 aliphatic heterocycles. The average molecular weight is 395 g/mol. The van der Waals surface area contributed by atoms with E-state index < -0.39 is 12.2 Å². The number of rotatable bonds is 10. The SMILES string of the molecule is OC[C@H](O)C[C@H](O)[C@H](COCc1ccccc1)[Se]c1ccccc1. The van der Waals surface area contributed by atoms with Gasteiger partial charge < -0.3 is 0 Å². The second-order valence-corrected chi connectivity index (χ2v) is 8.36. The molecule has 24 heavy (non-hydrogen) atoms. The fraction of sp³-hybridized carbons (Fsp3) is 0.368. The van der Waals surface area contributed by atoms with Crippen molar-refractivity contribution in [2.24, 2.45) is 0 Å². The minimum absolute atomic E-state index is 0.0204. The molecule has 0 bridgehead atoms. The monoisotopic (exact) mass is 396 g/mol. The van der Waals surface area contributed by atoms with Gasteiger partial charge in [0.2, 0.25) is 0 Å². The number of benzene rings is 2. The third-order valence-corrected chi connectivity index (χ3v) is 6.30. The molecule has 0 saturated heterocycles. The van der Waals surface area contributed by atoms with Crippen LogP contribution >= 0.6 is 0 Å². The van der Waals surface area contributed by atoms with E-state index in [9.17, 15) is 10.2 Å². The number of aliphatic hydroxyl groups is 3. The molecule has 130 valence electrons. The van der Waals surface area contributed by atoms with E-state index in [0.29, 0.717) is 13.2 Å². The van der Waals surface area contributed by atoms with Crippen molar-refractivity contribution >= 4 is 19.4 Å². The number of hydrogen-bond acceptors (Lipinski definition) is 4. The Hall–Kier alpha value is -1.20. The molecule has 0 unspecified atom stereocenters. The quantitative estimate of drug-likeness (QED) is 0.528. The Bertz CT molecular complexity index is 564. The fourth-order valence-electron chi connectivity index (χ4n) is 2.27. The molecular formula is C19H24O4Se. The molecule has 0 saturated carbocycles. The van der Waals surface area contributed by atoms with E-state index in [1.807, 2.05) is 60.7 Å². The number of ether oxygens (including phenoxy) is 1. The van der Waals surface area contributed by atoms with Gasteiger partial charge in [-0.05, 0) is 0 Å². The van der Waals surface area contributed by atoms with E-state index in [0.717, 1.165) is 5.56 Å². The molecule has 5 heteroatoms. The Labute approximate surface area is 149 Å². The topological polar surface area (TPSA) is 69.9 Å². The average Bonchev–Trinajstić information content (AvgIpc) is 2.62. The predicted molar refractivity (Wildman–Crippen MR) is 95.4 cm³/mol. The summed E-state index contributed by atoms with van der Waals surface area (Å²) in [7, 11) is 0. The van der Waals surface area contributed by atoms with Crippen LogP contribution in [0.4, 0.5) is 0 Å². The maximum absolute atomic E-state index is 10.4. The third-order valence-electron chi connectivity index (χ3n) is 3.58. The van der Waals surface area contributed by atoms with Gasteiger partial charge in [-0.25, -0.2) is 0 Å². The van der Waals surface area contributed by atoms with Crippen molar-refractivity contribution in [1.82, 2.24) is 0 Å². The van der Waals surface area contributed by atoms with Gasteiger partial charge in [0.05, 0.1) is 0 Å². The van der Waals surface area contributed by atoms with Gasteiger partial charge in [-0.15, -0.1) is 0 Å². The Balaban J connectivity index is 1.93. The molecule has 0 spiro atoms. The van der Waals surface area contributed by atoms with Crippen molar-refractivity contribution < 1.29 is 20.1 Å². The van der Waals surface area contributed by atoms with E-state index in [-0.39, 0.29) is 32.8 Å². The molecular weight excluding hydrogens is 371 g/mol. The Morgan fingerprint density at radius 2 is 1.54 bits per heavy atom. The first-order valence-electron chi connectivity index (χ1n) is 7.99. The molecule has 0 aromatic heterocycles. The Kier molecular flexibility index (Phi) is 8.46. The Morgan fingerprint density at radius 3 is 2.17 bits per heavy atom. The van der Waals surface area contributed by atoms with Crippen molar-refractivity contribution in [2.45, 2.75) is 30.1 Å². The molecule has 2 aromatic rings. The zero-order chi connectivity index (χ0) is 17.2. The third kappa shape index (κ3) is 6.73. The van der Waals surface area contributed by atoms with Crippen LogP contribution in [-0.2, 0) is 11.3 Å². The molecule has 0 radical (unpaired) electrons. The standard InChI is InChI=1S/C19H24O4Se/c20-12-16(21)11-18(22)19(24-17-9-5-2-6-10-17)14-23-13-15-7-3-1-4-8-15/h1-10,16,18-22H,11-14H2/t16-,18+,19+/m1/s1. The van der Waals surface area contributed by atoms with E-state index in [1.165, 1.54) is 4.46 Å². The fourth-order valence-corrected chi connectivity index (χ4v) is 4.57. The van der Waals surface area contributed by atoms with Crippen LogP contribution in [0.3, 0.4) is 0 Å². The van der Waals surface area contributed by atoms with Gasteiger partial charge in [-0.1, -0.05) is 0 Å². The van der Waals surface area contributed by atoms with Crippen LogP contribution < -0.4 is 4.46 Å². The summed E-state index contributed by atoms with van der Waals surface area (Å²) in [5.74, 6) is 0. The van der Waals surface area contributed by atoms with E-state index in [4.69, 9.17) is 9.84 Å². The summed E-state index contributed by atoms with van der Waals surface area (Å²) in [4.78, 5) is -0.0789. The minimum atomic E-state index is -0.900. The van der Waals surface area contributed by atoms with E-state index in [2.05, 4.69) is 0 Å². The van der Waals surface area contributed by atoms with Crippen LogP contribution in [-0.4, -0.2) is 55.7 Å². The van der Waals surface area contributed by atoms with Crippen molar-refractivity contribution in [1.29, 1.82) is 0 Å². The van der Waals surface area contributed by atoms with E-state index >= 15 is 0 Å². The second-order valence-electron chi connectivity index (χ2n) is 5.61. The second kappa shape index (κ2) is 10.6. The summed E-state index contributed by atoms with van der Waals surface area (Å²) >= 11 is 0.0204. The maximum atomic E-state index is 10.4. The van der Waals surface area contributed by atoms with E-state index in [1.54, 1.807) is 0 Å².